The highest BCUT2D eigenvalue weighted by molar-refractivity contribution is 5.81. The van der Waals surface area contributed by atoms with Gasteiger partial charge in [0.15, 0.2) is 0 Å². The van der Waals surface area contributed by atoms with Gasteiger partial charge >= 0.3 is 6.03 Å². The van der Waals surface area contributed by atoms with Crippen molar-refractivity contribution in [2.75, 3.05) is 33.7 Å². The number of hydrogen-bond donors (Lipinski definition) is 1. The molecule has 1 atom stereocenters. The molecule has 112 valence electrons. The minimum atomic E-state index is -0.0374. The zero-order chi connectivity index (χ0) is 14.5. The Balaban J connectivity index is 1.76. The lowest BCUT2D eigenvalue weighted by Gasteiger charge is -2.20. The van der Waals surface area contributed by atoms with Crippen molar-refractivity contribution in [1.29, 1.82) is 0 Å². The number of rotatable bonds is 3. The molecule has 1 aliphatic carbocycles. The van der Waals surface area contributed by atoms with Crippen LogP contribution < -0.4 is 5.32 Å². The highest BCUT2D eigenvalue weighted by Crippen LogP contribution is 2.19. The van der Waals surface area contributed by atoms with Crippen LogP contribution in [0.25, 0.3) is 0 Å². The molecule has 5 nitrogen and oxygen atoms in total. The molecule has 0 radical (unpaired) electrons. The van der Waals surface area contributed by atoms with Crippen molar-refractivity contribution in [2.24, 2.45) is 5.92 Å². The summed E-state index contributed by atoms with van der Waals surface area (Å²) in [7, 11) is 3.53. The van der Waals surface area contributed by atoms with Gasteiger partial charge in [-0.15, -0.1) is 0 Å². The molecule has 2 aliphatic rings. The molecule has 1 N–H and O–H groups in total. The first-order chi connectivity index (χ1) is 9.58. The minimum Gasteiger partial charge on any atom is -0.349 e. The first-order valence-electron chi connectivity index (χ1n) is 7.50. The molecule has 3 amide bonds. The van der Waals surface area contributed by atoms with Gasteiger partial charge in [0.25, 0.3) is 0 Å². The summed E-state index contributed by atoms with van der Waals surface area (Å²) in [5, 5.41) is 2.98. The monoisotopic (exact) mass is 279 g/mol. The molecule has 1 aliphatic heterocycles. The topological polar surface area (TPSA) is 52.7 Å². The third-order valence-electron chi connectivity index (χ3n) is 4.12. The second-order valence-corrected chi connectivity index (χ2v) is 5.93. The summed E-state index contributed by atoms with van der Waals surface area (Å²) in [6, 6.07) is -0.0365. The summed E-state index contributed by atoms with van der Waals surface area (Å²) >= 11 is 0. The maximum atomic E-state index is 12.1. The maximum Gasteiger partial charge on any atom is 0.317 e. The van der Waals surface area contributed by atoms with E-state index in [0.29, 0.717) is 19.6 Å². The van der Waals surface area contributed by atoms with Gasteiger partial charge in [-0.25, -0.2) is 4.79 Å². The van der Waals surface area contributed by atoms with Crippen LogP contribution in [0.3, 0.4) is 0 Å². The minimum absolute atomic E-state index is 0.0365. The molecule has 20 heavy (non-hydrogen) atoms. The molecule has 0 aromatic heterocycles. The average Bonchev–Trinajstić information content (AvgIpc) is 2.94. The predicted molar refractivity (Wildman–Crippen MR) is 78.3 cm³/mol. The van der Waals surface area contributed by atoms with Crippen LogP contribution in [0.15, 0.2) is 11.6 Å². The molecule has 1 fully saturated rings. The van der Waals surface area contributed by atoms with Gasteiger partial charge in [-0.2, -0.15) is 0 Å². The summed E-state index contributed by atoms with van der Waals surface area (Å²) in [6.07, 6.45) is 7.73. The number of carbonyl (C=O) groups excluding carboxylic acids is 2. The standard InChI is InChI=1S/C15H25N3O2/c1-17(2)14(19)13-8-9-18(11-13)15(20)16-10-12-6-4-3-5-7-12/h6,13H,3-5,7-11H2,1-2H3,(H,16,20). The normalized spacial score (nSPS) is 22.4. The Hall–Kier alpha value is -1.52. The van der Waals surface area contributed by atoms with Crippen LogP contribution in [0.1, 0.15) is 32.1 Å². The lowest BCUT2D eigenvalue weighted by atomic mass is 10.00. The van der Waals surface area contributed by atoms with Gasteiger partial charge in [0.05, 0.1) is 5.92 Å². The van der Waals surface area contributed by atoms with Gasteiger partial charge in [0.2, 0.25) is 5.91 Å². The Kier molecular flexibility index (Phi) is 5.04. The van der Waals surface area contributed by atoms with Crippen LogP contribution in [0.2, 0.25) is 0 Å². The Morgan fingerprint density at radius 2 is 2.20 bits per heavy atom. The summed E-state index contributed by atoms with van der Waals surface area (Å²) in [5.74, 6) is 0.0833. The van der Waals surface area contributed by atoms with Crippen molar-refractivity contribution >= 4 is 11.9 Å². The highest BCUT2D eigenvalue weighted by Gasteiger charge is 2.31. The summed E-state index contributed by atoms with van der Waals surface area (Å²) in [5.41, 5.74) is 1.34. The average molecular weight is 279 g/mol. The lowest BCUT2D eigenvalue weighted by molar-refractivity contribution is -0.132. The number of amides is 3. The fraction of sp³-hybridized carbons (Fsp3) is 0.733. The lowest BCUT2D eigenvalue weighted by Crippen LogP contribution is -2.40. The molecular formula is C15H25N3O2. The van der Waals surface area contributed by atoms with Gasteiger partial charge in [0.1, 0.15) is 0 Å². The summed E-state index contributed by atoms with van der Waals surface area (Å²) < 4.78 is 0. The van der Waals surface area contributed by atoms with Crippen molar-refractivity contribution in [3.63, 3.8) is 0 Å². The van der Waals surface area contributed by atoms with Gasteiger partial charge in [-0.3, -0.25) is 4.79 Å². The van der Waals surface area contributed by atoms with E-state index in [-0.39, 0.29) is 17.9 Å². The van der Waals surface area contributed by atoms with Crippen LogP contribution in [-0.2, 0) is 4.79 Å². The quantitative estimate of drug-likeness (QED) is 0.798. The Labute approximate surface area is 121 Å². The number of carbonyl (C=O) groups is 2. The number of nitrogens with zero attached hydrogens (tertiary/aromatic N) is 2. The first kappa shape index (κ1) is 14.9. The smallest absolute Gasteiger partial charge is 0.317 e. The zero-order valence-electron chi connectivity index (χ0n) is 12.5. The molecule has 0 saturated carbocycles. The highest BCUT2D eigenvalue weighted by atomic mass is 16.2. The Bertz CT molecular complexity index is 404. The number of allylic oxidation sites excluding steroid dienone is 1. The van der Waals surface area contributed by atoms with Gasteiger partial charge in [0, 0.05) is 33.7 Å². The molecule has 5 heteroatoms. The fourth-order valence-electron chi connectivity index (χ4n) is 2.88. The van der Waals surface area contributed by atoms with E-state index in [0.717, 1.165) is 19.3 Å². The fourth-order valence-corrected chi connectivity index (χ4v) is 2.88. The Morgan fingerprint density at radius 1 is 1.40 bits per heavy atom. The number of nitrogens with one attached hydrogen (secondary N) is 1. The van der Waals surface area contributed by atoms with E-state index in [1.165, 1.54) is 18.4 Å². The van der Waals surface area contributed by atoms with E-state index in [1.807, 2.05) is 0 Å². The van der Waals surface area contributed by atoms with E-state index in [9.17, 15) is 9.59 Å². The van der Waals surface area contributed by atoms with Crippen LogP contribution in [-0.4, -0.2) is 55.5 Å². The largest absolute Gasteiger partial charge is 0.349 e. The number of likely N-dealkylation sites (tertiary alicyclic amines) is 1. The van der Waals surface area contributed by atoms with Crippen LogP contribution in [0.4, 0.5) is 4.79 Å². The SMILES string of the molecule is CN(C)C(=O)C1CCN(C(=O)NCC2=CCCCC2)C1. The molecule has 1 heterocycles. The maximum absolute atomic E-state index is 12.1. The van der Waals surface area contributed by atoms with Crippen LogP contribution >= 0.6 is 0 Å². The van der Waals surface area contributed by atoms with Crippen molar-refractivity contribution in [3.8, 4) is 0 Å². The van der Waals surface area contributed by atoms with Gasteiger partial charge in [-0.1, -0.05) is 11.6 Å². The van der Waals surface area contributed by atoms with Crippen molar-refractivity contribution in [1.82, 2.24) is 15.1 Å². The van der Waals surface area contributed by atoms with E-state index in [2.05, 4.69) is 11.4 Å². The van der Waals surface area contributed by atoms with E-state index in [4.69, 9.17) is 0 Å². The molecular weight excluding hydrogens is 254 g/mol. The zero-order valence-corrected chi connectivity index (χ0v) is 12.5. The summed E-state index contributed by atoms with van der Waals surface area (Å²) in [6.45, 7) is 1.87. The van der Waals surface area contributed by atoms with Crippen LogP contribution in [0.5, 0.6) is 0 Å². The van der Waals surface area contributed by atoms with E-state index >= 15 is 0 Å². The molecule has 0 aromatic carbocycles. The van der Waals surface area contributed by atoms with Gasteiger partial charge < -0.3 is 15.1 Å². The molecule has 0 aromatic rings. The first-order valence-corrected chi connectivity index (χ1v) is 7.50. The second-order valence-electron chi connectivity index (χ2n) is 5.93. The van der Waals surface area contributed by atoms with E-state index in [1.54, 1.807) is 23.9 Å². The van der Waals surface area contributed by atoms with Crippen molar-refractivity contribution in [3.05, 3.63) is 11.6 Å². The molecule has 2 rings (SSSR count). The molecule has 0 bridgehead atoms. The predicted octanol–water partition coefficient (Wildman–Crippen LogP) is 1.61. The Morgan fingerprint density at radius 3 is 2.85 bits per heavy atom. The molecule has 1 unspecified atom stereocenters. The third kappa shape index (κ3) is 3.74. The van der Waals surface area contributed by atoms with Gasteiger partial charge in [-0.05, 0) is 32.1 Å². The third-order valence-corrected chi connectivity index (χ3v) is 4.12. The van der Waals surface area contributed by atoms with Crippen LogP contribution in [0, 0.1) is 5.92 Å². The molecule has 1 saturated heterocycles. The summed E-state index contributed by atoms with van der Waals surface area (Å²) in [4.78, 5) is 27.3. The van der Waals surface area contributed by atoms with Crippen molar-refractivity contribution < 1.29 is 9.59 Å². The number of urea groups is 1. The van der Waals surface area contributed by atoms with E-state index < -0.39 is 0 Å². The molecule has 0 spiro atoms. The number of hydrogen-bond acceptors (Lipinski definition) is 2. The second kappa shape index (κ2) is 6.77. The van der Waals surface area contributed by atoms with Crippen molar-refractivity contribution in [2.45, 2.75) is 32.1 Å².